The summed E-state index contributed by atoms with van der Waals surface area (Å²) in [5.74, 6) is 0.470. The molecule has 3 aromatic rings. The summed E-state index contributed by atoms with van der Waals surface area (Å²) in [7, 11) is 1.58. The summed E-state index contributed by atoms with van der Waals surface area (Å²) in [5, 5.41) is 9.99. The molecule has 0 radical (unpaired) electrons. The van der Waals surface area contributed by atoms with Crippen LogP contribution in [0.25, 0.3) is 10.4 Å². The van der Waals surface area contributed by atoms with Crippen LogP contribution < -0.4 is 4.74 Å². The standard InChI is InChI=1S/C25H27NO4S/c1-3-30-25(28)19-6-4-5-18(13-19)24-8-7-21(31-24)10-12-26-11-9-17-14-22(27)23(29-2)15-20(17)16-26/h4-8,13-15,27H,3,9-12,16H2,1-2H3. The van der Waals surface area contributed by atoms with Crippen molar-refractivity contribution in [1.29, 1.82) is 0 Å². The smallest absolute Gasteiger partial charge is 0.338 e. The fraction of sp³-hybridized carbons (Fsp3) is 0.320. The van der Waals surface area contributed by atoms with Crippen LogP contribution >= 0.6 is 11.3 Å². The van der Waals surface area contributed by atoms with Gasteiger partial charge in [0.05, 0.1) is 19.3 Å². The van der Waals surface area contributed by atoms with Crippen LogP contribution in [0.4, 0.5) is 0 Å². The van der Waals surface area contributed by atoms with E-state index in [1.807, 2.05) is 37.3 Å². The number of rotatable bonds is 7. The first-order chi connectivity index (χ1) is 15.1. The molecule has 4 rings (SSSR count). The number of aromatic hydroxyl groups is 1. The minimum atomic E-state index is -0.281. The quantitative estimate of drug-likeness (QED) is 0.533. The fourth-order valence-corrected chi connectivity index (χ4v) is 4.93. The first-order valence-corrected chi connectivity index (χ1v) is 11.4. The molecule has 1 aromatic heterocycles. The number of benzene rings is 2. The molecule has 0 bridgehead atoms. The van der Waals surface area contributed by atoms with Crippen molar-refractivity contribution in [2.45, 2.75) is 26.3 Å². The molecule has 0 unspecified atom stereocenters. The molecule has 5 nitrogen and oxygen atoms in total. The van der Waals surface area contributed by atoms with Crippen molar-refractivity contribution < 1.29 is 19.4 Å². The molecule has 0 amide bonds. The SMILES string of the molecule is CCOC(=O)c1cccc(-c2ccc(CCN3CCc4cc(O)c(OC)cc4C3)s2)c1. The molecule has 0 atom stereocenters. The Hall–Kier alpha value is -2.83. The van der Waals surface area contributed by atoms with Gasteiger partial charge in [0, 0.05) is 29.4 Å². The van der Waals surface area contributed by atoms with Crippen molar-refractivity contribution in [3.63, 3.8) is 0 Å². The Morgan fingerprint density at radius 3 is 2.84 bits per heavy atom. The minimum absolute atomic E-state index is 0.216. The van der Waals surface area contributed by atoms with E-state index >= 15 is 0 Å². The third-order valence-corrected chi connectivity index (χ3v) is 6.78. The predicted octanol–water partition coefficient (Wildman–Crippen LogP) is 4.91. The average molecular weight is 438 g/mol. The van der Waals surface area contributed by atoms with E-state index in [4.69, 9.17) is 9.47 Å². The predicted molar refractivity (Wildman–Crippen MR) is 123 cm³/mol. The highest BCUT2D eigenvalue weighted by molar-refractivity contribution is 7.15. The highest BCUT2D eigenvalue weighted by Gasteiger charge is 2.19. The number of esters is 1. The maximum absolute atomic E-state index is 12.0. The van der Waals surface area contributed by atoms with E-state index in [9.17, 15) is 9.90 Å². The second kappa shape index (κ2) is 9.54. The summed E-state index contributed by atoms with van der Waals surface area (Å²) in [6, 6.07) is 15.7. The van der Waals surface area contributed by atoms with Crippen LogP contribution in [-0.4, -0.2) is 42.8 Å². The van der Waals surface area contributed by atoms with Crippen LogP contribution in [0.1, 0.15) is 33.3 Å². The zero-order valence-corrected chi connectivity index (χ0v) is 18.7. The Morgan fingerprint density at radius 1 is 1.16 bits per heavy atom. The number of nitrogens with zero attached hydrogens (tertiary/aromatic N) is 1. The van der Waals surface area contributed by atoms with E-state index in [0.29, 0.717) is 17.9 Å². The van der Waals surface area contributed by atoms with E-state index < -0.39 is 0 Å². The Kier molecular flexibility index (Phi) is 6.59. The largest absolute Gasteiger partial charge is 0.504 e. The van der Waals surface area contributed by atoms with Gasteiger partial charge in [-0.2, -0.15) is 0 Å². The number of methoxy groups -OCH3 is 1. The zero-order valence-electron chi connectivity index (χ0n) is 17.9. The zero-order chi connectivity index (χ0) is 21.8. The van der Waals surface area contributed by atoms with Crippen molar-refractivity contribution in [1.82, 2.24) is 4.90 Å². The van der Waals surface area contributed by atoms with Crippen LogP contribution in [0.2, 0.25) is 0 Å². The summed E-state index contributed by atoms with van der Waals surface area (Å²) >= 11 is 1.77. The molecule has 6 heteroatoms. The first kappa shape index (κ1) is 21.4. The van der Waals surface area contributed by atoms with Crippen LogP contribution in [-0.2, 0) is 24.1 Å². The van der Waals surface area contributed by atoms with Gasteiger partial charge in [0.1, 0.15) is 0 Å². The van der Waals surface area contributed by atoms with Gasteiger partial charge < -0.3 is 14.6 Å². The summed E-state index contributed by atoms with van der Waals surface area (Å²) in [4.78, 5) is 16.9. The molecule has 0 saturated carbocycles. The Labute approximate surface area is 186 Å². The number of phenolic OH excluding ortho intramolecular Hbond substituents is 1. The van der Waals surface area contributed by atoms with Crippen molar-refractivity contribution >= 4 is 17.3 Å². The highest BCUT2D eigenvalue weighted by Crippen LogP contribution is 2.33. The lowest BCUT2D eigenvalue weighted by molar-refractivity contribution is 0.0526. The van der Waals surface area contributed by atoms with E-state index in [0.717, 1.165) is 42.9 Å². The molecule has 162 valence electrons. The highest BCUT2D eigenvalue weighted by atomic mass is 32.1. The molecule has 2 aromatic carbocycles. The lowest BCUT2D eigenvalue weighted by atomic mass is 9.98. The van der Waals surface area contributed by atoms with Gasteiger partial charge in [0.2, 0.25) is 0 Å². The number of hydrogen-bond acceptors (Lipinski definition) is 6. The monoisotopic (exact) mass is 437 g/mol. The number of carbonyl (C=O) groups excluding carboxylic acids is 1. The number of thiophene rings is 1. The molecular weight excluding hydrogens is 410 g/mol. The van der Waals surface area contributed by atoms with Crippen molar-refractivity contribution in [2.24, 2.45) is 0 Å². The summed E-state index contributed by atoms with van der Waals surface area (Å²) in [6.45, 7) is 5.02. The Morgan fingerprint density at radius 2 is 2.03 bits per heavy atom. The maximum atomic E-state index is 12.0. The third kappa shape index (κ3) is 4.92. The van der Waals surface area contributed by atoms with E-state index in [1.165, 1.54) is 16.0 Å². The molecule has 0 aliphatic carbocycles. The van der Waals surface area contributed by atoms with Gasteiger partial charge in [0.15, 0.2) is 11.5 Å². The lowest BCUT2D eigenvalue weighted by Crippen LogP contribution is -2.32. The van der Waals surface area contributed by atoms with Crippen molar-refractivity contribution in [3.05, 3.63) is 70.1 Å². The fourth-order valence-electron chi connectivity index (χ4n) is 3.94. The number of ether oxygens (including phenoxy) is 2. The molecule has 0 fully saturated rings. The van der Waals surface area contributed by atoms with Gasteiger partial charge in [-0.15, -0.1) is 11.3 Å². The van der Waals surface area contributed by atoms with Crippen LogP contribution in [0.5, 0.6) is 11.5 Å². The number of phenols is 1. The topological polar surface area (TPSA) is 59.0 Å². The second-order valence-corrected chi connectivity index (χ2v) is 8.80. The molecule has 0 spiro atoms. The van der Waals surface area contributed by atoms with E-state index in [-0.39, 0.29) is 11.7 Å². The molecule has 1 aliphatic rings. The van der Waals surface area contributed by atoms with Crippen LogP contribution in [0, 0.1) is 0 Å². The summed E-state index contributed by atoms with van der Waals surface area (Å²) in [5.41, 5.74) is 4.06. The van der Waals surface area contributed by atoms with Gasteiger partial charge >= 0.3 is 5.97 Å². The number of carbonyl (C=O) groups is 1. The van der Waals surface area contributed by atoms with Gasteiger partial charge in [-0.05, 0) is 72.9 Å². The molecule has 1 N–H and O–H groups in total. The molecule has 1 aliphatic heterocycles. The number of fused-ring (bicyclic) bond motifs is 1. The minimum Gasteiger partial charge on any atom is -0.504 e. The van der Waals surface area contributed by atoms with E-state index in [1.54, 1.807) is 24.5 Å². The van der Waals surface area contributed by atoms with Gasteiger partial charge in [-0.1, -0.05) is 12.1 Å². The molecule has 31 heavy (non-hydrogen) atoms. The Balaban J connectivity index is 1.39. The first-order valence-electron chi connectivity index (χ1n) is 10.5. The molecule has 2 heterocycles. The maximum Gasteiger partial charge on any atom is 0.338 e. The third-order valence-electron chi connectivity index (χ3n) is 5.59. The molecule has 0 saturated heterocycles. The van der Waals surface area contributed by atoms with Crippen LogP contribution in [0.3, 0.4) is 0 Å². The molecular formula is C25H27NO4S. The summed E-state index contributed by atoms with van der Waals surface area (Å²) < 4.78 is 10.4. The van der Waals surface area contributed by atoms with Crippen molar-refractivity contribution in [2.75, 3.05) is 26.8 Å². The van der Waals surface area contributed by atoms with Crippen LogP contribution in [0.15, 0.2) is 48.5 Å². The Bertz CT molecular complexity index is 1080. The van der Waals surface area contributed by atoms with E-state index in [2.05, 4.69) is 17.0 Å². The lowest BCUT2D eigenvalue weighted by Gasteiger charge is -2.29. The normalized spacial score (nSPS) is 13.6. The number of hydrogen-bond donors (Lipinski definition) is 1. The van der Waals surface area contributed by atoms with Crippen molar-refractivity contribution in [3.8, 4) is 21.9 Å². The second-order valence-electron chi connectivity index (χ2n) is 7.64. The van der Waals surface area contributed by atoms with Gasteiger partial charge in [0.25, 0.3) is 0 Å². The van der Waals surface area contributed by atoms with Gasteiger partial charge in [-0.3, -0.25) is 4.90 Å². The van der Waals surface area contributed by atoms with Gasteiger partial charge in [-0.25, -0.2) is 4.79 Å². The average Bonchev–Trinajstić information content (AvgIpc) is 3.26. The summed E-state index contributed by atoms with van der Waals surface area (Å²) in [6.07, 6.45) is 1.91.